The molecule has 2 aliphatic carbocycles. The molecule has 1 N–H and O–H groups in total. The highest BCUT2D eigenvalue weighted by molar-refractivity contribution is 14.1. The number of amides is 3. The first-order valence-electron chi connectivity index (χ1n) is 10.5. The minimum atomic E-state index is -0.382. The van der Waals surface area contributed by atoms with Crippen molar-refractivity contribution < 1.29 is 23.5 Å². The number of allylic oxidation sites excluding steroid dienone is 2. The Morgan fingerprint density at radius 2 is 1.79 bits per heavy atom. The molecule has 1 saturated heterocycles. The quantitative estimate of drug-likeness (QED) is 0.254. The Bertz CT molecular complexity index is 1170. The number of hydrogen-bond acceptors (Lipinski definition) is 5. The van der Waals surface area contributed by atoms with Crippen LogP contribution in [0.5, 0.6) is 5.75 Å². The van der Waals surface area contributed by atoms with Gasteiger partial charge in [0.2, 0.25) is 0 Å². The van der Waals surface area contributed by atoms with Gasteiger partial charge in [0.15, 0.2) is 6.61 Å². The summed E-state index contributed by atoms with van der Waals surface area (Å²) in [6.07, 6.45) is 6.46. The molecule has 7 nitrogen and oxygen atoms in total. The van der Waals surface area contributed by atoms with Crippen LogP contribution in [0, 0.1) is 33.1 Å². The molecule has 1 aliphatic heterocycles. The number of halogens is 2. The number of carbonyl (C=O) groups is 3. The molecule has 1 heterocycles. The lowest BCUT2D eigenvalue weighted by Gasteiger charge is -2.13. The van der Waals surface area contributed by atoms with Gasteiger partial charge in [-0.15, -0.1) is 0 Å². The molecule has 2 aromatic rings. The summed E-state index contributed by atoms with van der Waals surface area (Å²) in [4.78, 5) is 37.5. The SMILES string of the molecule is O=C(COc1ccc(C=NN2C(=O)[C@@H]3[C@H](C2=O)[C@H]2C=C[C@H]3C2)cc1I)Nc1ccc(F)cc1. The molecule has 168 valence electrons. The number of fused-ring (bicyclic) bond motifs is 5. The number of hydrazone groups is 1. The first-order valence-corrected chi connectivity index (χ1v) is 11.6. The van der Waals surface area contributed by atoms with Crippen molar-refractivity contribution in [3.05, 3.63) is 69.6 Å². The highest BCUT2D eigenvalue weighted by atomic mass is 127. The van der Waals surface area contributed by atoms with Crippen molar-refractivity contribution in [1.29, 1.82) is 0 Å². The third kappa shape index (κ3) is 4.17. The zero-order chi connectivity index (χ0) is 23.1. The summed E-state index contributed by atoms with van der Waals surface area (Å²) in [5, 5.41) is 7.82. The Labute approximate surface area is 202 Å². The van der Waals surface area contributed by atoms with Gasteiger partial charge in [0.1, 0.15) is 11.6 Å². The van der Waals surface area contributed by atoms with Crippen molar-refractivity contribution in [3.8, 4) is 5.75 Å². The normalized spacial score (nSPS) is 25.2. The van der Waals surface area contributed by atoms with Gasteiger partial charge >= 0.3 is 0 Å². The van der Waals surface area contributed by atoms with Gasteiger partial charge in [0, 0.05) is 5.69 Å². The molecule has 5 rings (SSSR count). The lowest BCUT2D eigenvalue weighted by atomic mass is 9.85. The minimum Gasteiger partial charge on any atom is -0.483 e. The molecule has 3 aliphatic rings. The second-order valence-electron chi connectivity index (χ2n) is 8.27. The van der Waals surface area contributed by atoms with Crippen molar-refractivity contribution in [3.63, 3.8) is 0 Å². The molecule has 0 aromatic heterocycles. The number of hydrogen-bond donors (Lipinski definition) is 1. The molecule has 4 atom stereocenters. The average Bonchev–Trinajstić information content (AvgIpc) is 3.47. The monoisotopic (exact) mass is 559 g/mol. The van der Waals surface area contributed by atoms with Crippen LogP contribution in [0.4, 0.5) is 10.1 Å². The summed E-state index contributed by atoms with van der Waals surface area (Å²) in [7, 11) is 0. The number of nitrogens with zero attached hydrogens (tertiary/aromatic N) is 2. The number of nitrogens with one attached hydrogen (secondary N) is 1. The molecule has 3 amide bonds. The average molecular weight is 559 g/mol. The summed E-state index contributed by atoms with van der Waals surface area (Å²) >= 11 is 2.08. The highest BCUT2D eigenvalue weighted by Crippen LogP contribution is 2.52. The van der Waals surface area contributed by atoms with E-state index in [1.807, 2.05) is 12.2 Å². The molecule has 9 heteroatoms. The molecule has 1 saturated carbocycles. The van der Waals surface area contributed by atoms with E-state index in [1.54, 1.807) is 18.2 Å². The van der Waals surface area contributed by atoms with E-state index in [2.05, 4.69) is 33.0 Å². The zero-order valence-electron chi connectivity index (χ0n) is 17.3. The number of anilines is 1. The van der Waals surface area contributed by atoms with Crippen LogP contribution in [0.3, 0.4) is 0 Å². The number of rotatable bonds is 6. The standard InChI is InChI=1S/C24H19FIN3O4/c25-16-4-6-17(7-5-16)28-20(30)12-33-19-8-1-13(9-18(19)26)11-27-29-23(31)21-14-2-3-15(10-14)22(21)24(29)32/h1-9,11,14-15,21-22H,10,12H2,(H,28,30)/t14-,15-,21-,22+/m0/s1. The number of imide groups is 1. The molecule has 0 unspecified atom stereocenters. The van der Waals surface area contributed by atoms with Crippen LogP contribution in [-0.2, 0) is 14.4 Å². The van der Waals surface area contributed by atoms with Crippen LogP contribution < -0.4 is 10.1 Å². The van der Waals surface area contributed by atoms with E-state index in [0.717, 1.165) is 15.0 Å². The molecule has 2 fully saturated rings. The fourth-order valence-electron chi connectivity index (χ4n) is 4.71. The number of ether oxygens (including phenoxy) is 1. The Balaban J connectivity index is 1.19. The highest BCUT2D eigenvalue weighted by Gasteiger charge is 2.59. The summed E-state index contributed by atoms with van der Waals surface area (Å²) in [5.74, 6) is -0.949. The van der Waals surface area contributed by atoms with E-state index < -0.39 is 0 Å². The molecule has 0 radical (unpaired) electrons. The fraction of sp³-hybridized carbons (Fsp3) is 0.250. The Morgan fingerprint density at radius 3 is 2.42 bits per heavy atom. The third-order valence-electron chi connectivity index (χ3n) is 6.21. The molecular formula is C24H19FIN3O4. The van der Waals surface area contributed by atoms with Crippen molar-refractivity contribution in [2.45, 2.75) is 6.42 Å². The maximum atomic E-state index is 13.0. The van der Waals surface area contributed by atoms with Gasteiger partial charge in [-0.1, -0.05) is 12.2 Å². The molecule has 33 heavy (non-hydrogen) atoms. The second kappa shape index (κ2) is 8.69. The number of carbonyl (C=O) groups excluding carboxylic acids is 3. The predicted octanol–water partition coefficient (Wildman–Crippen LogP) is 3.59. The van der Waals surface area contributed by atoms with E-state index >= 15 is 0 Å². The van der Waals surface area contributed by atoms with Crippen molar-refractivity contribution in [1.82, 2.24) is 5.01 Å². The van der Waals surface area contributed by atoms with Crippen LogP contribution >= 0.6 is 22.6 Å². The Hall–Kier alpha value is -3.08. The number of benzene rings is 2. The van der Waals surface area contributed by atoms with Crippen LogP contribution in [0.1, 0.15) is 12.0 Å². The Kier molecular flexibility index (Phi) is 5.73. The summed E-state index contributed by atoms with van der Waals surface area (Å²) in [6.45, 7) is -0.212. The maximum absolute atomic E-state index is 13.0. The maximum Gasteiger partial charge on any atom is 0.262 e. The van der Waals surface area contributed by atoms with E-state index in [9.17, 15) is 18.8 Å². The molecule has 2 aromatic carbocycles. The van der Waals surface area contributed by atoms with Gasteiger partial charge in [-0.3, -0.25) is 14.4 Å². The molecular weight excluding hydrogens is 540 g/mol. The largest absolute Gasteiger partial charge is 0.483 e. The van der Waals surface area contributed by atoms with Crippen LogP contribution in [0.15, 0.2) is 59.7 Å². The first kappa shape index (κ1) is 21.7. The van der Waals surface area contributed by atoms with Crippen molar-refractivity contribution >= 4 is 52.2 Å². The lowest BCUT2D eigenvalue weighted by molar-refractivity contribution is -0.140. The van der Waals surface area contributed by atoms with Gasteiger partial charge in [0.05, 0.1) is 21.6 Å². The van der Waals surface area contributed by atoms with Gasteiger partial charge < -0.3 is 10.1 Å². The van der Waals surface area contributed by atoms with E-state index in [-0.39, 0.29) is 53.8 Å². The van der Waals surface area contributed by atoms with Crippen LogP contribution in [0.25, 0.3) is 0 Å². The van der Waals surface area contributed by atoms with Crippen LogP contribution in [0.2, 0.25) is 0 Å². The second-order valence-corrected chi connectivity index (χ2v) is 9.43. The smallest absolute Gasteiger partial charge is 0.262 e. The zero-order valence-corrected chi connectivity index (χ0v) is 19.4. The van der Waals surface area contributed by atoms with E-state index in [0.29, 0.717) is 17.0 Å². The third-order valence-corrected chi connectivity index (χ3v) is 7.06. The van der Waals surface area contributed by atoms with E-state index in [1.165, 1.54) is 30.5 Å². The predicted molar refractivity (Wildman–Crippen MR) is 127 cm³/mol. The lowest BCUT2D eigenvalue weighted by Crippen LogP contribution is -2.28. The van der Waals surface area contributed by atoms with Gasteiger partial charge in [-0.25, -0.2) is 4.39 Å². The molecule has 2 bridgehead atoms. The first-order chi connectivity index (χ1) is 15.9. The summed E-state index contributed by atoms with van der Waals surface area (Å²) < 4.78 is 19.3. The van der Waals surface area contributed by atoms with E-state index in [4.69, 9.17) is 4.74 Å². The van der Waals surface area contributed by atoms with Crippen molar-refractivity contribution in [2.24, 2.45) is 28.8 Å². The van der Waals surface area contributed by atoms with Crippen molar-refractivity contribution in [2.75, 3.05) is 11.9 Å². The summed E-state index contributed by atoms with van der Waals surface area (Å²) in [5.41, 5.74) is 1.17. The Morgan fingerprint density at radius 1 is 1.12 bits per heavy atom. The fourth-order valence-corrected chi connectivity index (χ4v) is 5.41. The minimum absolute atomic E-state index is 0.147. The topological polar surface area (TPSA) is 88.1 Å². The van der Waals surface area contributed by atoms with Gasteiger partial charge in [-0.05, 0) is 88.9 Å². The summed E-state index contributed by atoms with van der Waals surface area (Å²) in [6, 6.07) is 10.7. The van der Waals surface area contributed by atoms with Gasteiger partial charge in [-0.2, -0.15) is 10.1 Å². The van der Waals surface area contributed by atoms with Gasteiger partial charge in [0.25, 0.3) is 17.7 Å². The molecule has 0 spiro atoms. The van der Waals surface area contributed by atoms with Crippen LogP contribution in [-0.4, -0.2) is 35.6 Å².